The SMILES string of the molecule is CCC(CC)N(CCOC)c1cc(N)cc(OC)c1. The van der Waals surface area contributed by atoms with Gasteiger partial charge in [0.15, 0.2) is 0 Å². The third kappa shape index (κ3) is 4.31. The van der Waals surface area contributed by atoms with Crippen molar-refractivity contribution in [1.82, 2.24) is 0 Å². The van der Waals surface area contributed by atoms with Crippen molar-refractivity contribution < 1.29 is 9.47 Å². The molecule has 4 heteroatoms. The molecule has 108 valence electrons. The van der Waals surface area contributed by atoms with E-state index >= 15 is 0 Å². The number of benzene rings is 1. The monoisotopic (exact) mass is 266 g/mol. The molecule has 1 rings (SSSR count). The van der Waals surface area contributed by atoms with Gasteiger partial charge in [-0.1, -0.05) is 13.8 Å². The van der Waals surface area contributed by atoms with E-state index in [1.54, 1.807) is 14.2 Å². The molecule has 0 amide bonds. The van der Waals surface area contributed by atoms with Crippen LogP contribution < -0.4 is 15.4 Å². The fourth-order valence-electron chi connectivity index (χ4n) is 2.33. The van der Waals surface area contributed by atoms with Crippen molar-refractivity contribution in [3.8, 4) is 5.75 Å². The number of nitrogens with zero attached hydrogens (tertiary/aromatic N) is 1. The Bertz CT molecular complexity index is 378. The van der Waals surface area contributed by atoms with E-state index in [4.69, 9.17) is 15.2 Å². The molecule has 0 aliphatic rings. The second-order valence-electron chi connectivity index (χ2n) is 4.62. The molecular weight excluding hydrogens is 240 g/mol. The number of rotatable bonds is 8. The van der Waals surface area contributed by atoms with Crippen LogP contribution in [0.15, 0.2) is 18.2 Å². The van der Waals surface area contributed by atoms with Crippen LogP contribution in [0.2, 0.25) is 0 Å². The van der Waals surface area contributed by atoms with Gasteiger partial charge in [0.2, 0.25) is 0 Å². The van der Waals surface area contributed by atoms with Crippen LogP contribution in [-0.2, 0) is 4.74 Å². The van der Waals surface area contributed by atoms with E-state index in [2.05, 4.69) is 18.7 Å². The Kier molecular flexibility index (Phi) is 6.50. The summed E-state index contributed by atoms with van der Waals surface area (Å²) in [6.07, 6.45) is 2.19. The van der Waals surface area contributed by atoms with Crippen molar-refractivity contribution in [3.63, 3.8) is 0 Å². The Morgan fingerprint density at radius 2 is 1.84 bits per heavy atom. The van der Waals surface area contributed by atoms with E-state index in [1.165, 1.54) is 0 Å². The van der Waals surface area contributed by atoms with Crippen LogP contribution in [0.4, 0.5) is 11.4 Å². The first-order valence-corrected chi connectivity index (χ1v) is 6.86. The lowest BCUT2D eigenvalue weighted by atomic mass is 10.1. The molecule has 0 aliphatic heterocycles. The second-order valence-corrected chi connectivity index (χ2v) is 4.62. The smallest absolute Gasteiger partial charge is 0.122 e. The number of hydrogen-bond donors (Lipinski definition) is 1. The van der Waals surface area contributed by atoms with Gasteiger partial charge in [-0.25, -0.2) is 0 Å². The van der Waals surface area contributed by atoms with Gasteiger partial charge < -0.3 is 20.1 Å². The second kappa shape index (κ2) is 7.89. The fraction of sp³-hybridized carbons (Fsp3) is 0.600. The Hall–Kier alpha value is -1.42. The van der Waals surface area contributed by atoms with Crippen LogP contribution >= 0.6 is 0 Å². The number of methoxy groups -OCH3 is 2. The molecule has 0 unspecified atom stereocenters. The molecule has 1 aromatic rings. The molecule has 0 atom stereocenters. The highest BCUT2D eigenvalue weighted by molar-refractivity contribution is 5.61. The van der Waals surface area contributed by atoms with E-state index in [-0.39, 0.29) is 0 Å². The quantitative estimate of drug-likeness (QED) is 0.735. The molecule has 1 aromatic carbocycles. The van der Waals surface area contributed by atoms with Crippen molar-refractivity contribution in [1.29, 1.82) is 0 Å². The van der Waals surface area contributed by atoms with Gasteiger partial charge in [-0.15, -0.1) is 0 Å². The van der Waals surface area contributed by atoms with Gasteiger partial charge in [0.05, 0.1) is 13.7 Å². The van der Waals surface area contributed by atoms with Gasteiger partial charge in [0.1, 0.15) is 5.75 Å². The summed E-state index contributed by atoms with van der Waals surface area (Å²) in [5.74, 6) is 0.795. The largest absolute Gasteiger partial charge is 0.497 e. The van der Waals surface area contributed by atoms with Gasteiger partial charge in [-0.2, -0.15) is 0 Å². The molecule has 19 heavy (non-hydrogen) atoms. The fourth-order valence-corrected chi connectivity index (χ4v) is 2.33. The number of ether oxygens (including phenoxy) is 2. The Morgan fingerprint density at radius 3 is 2.37 bits per heavy atom. The van der Waals surface area contributed by atoms with Gasteiger partial charge in [-0.05, 0) is 18.9 Å². The molecule has 2 N–H and O–H groups in total. The molecule has 0 fully saturated rings. The summed E-state index contributed by atoms with van der Waals surface area (Å²) in [4.78, 5) is 2.35. The first-order chi connectivity index (χ1) is 9.15. The van der Waals surface area contributed by atoms with Crippen LogP contribution in [0.5, 0.6) is 5.75 Å². The minimum absolute atomic E-state index is 0.488. The van der Waals surface area contributed by atoms with Gasteiger partial charge >= 0.3 is 0 Å². The molecular formula is C15H26N2O2. The van der Waals surface area contributed by atoms with Crippen LogP contribution in [0.1, 0.15) is 26.7 Å². The predicted octanol–water partition coefficient (Wildman–Crippen LogP) is 2.92. The maximum atomic E-state index is 5.95. The van der Waals surface area contributed by atoms with Crippen molar-refractivity contribution in [2.45, 2.75) is 32.7 Å². The van der Waals surface area contributed by atoms with Crippen LogP contribution in [-0.4, -0.2) is 33.4 Å². The van der Waals surface area contributed by atoms with Gasteiger partial charge in [-0.3, -0.25) is 0 Å². The number of nitrogen functional groups attached to an aromatic ring is 1. The Balaban J connectivity index is 3.04. The summed E-state index contributed by atoms with van der Waals surface area (Å²) in [6, 6.07) is 6.35. The van der Waals surface area contributed by atoms with Crippen LogP contribution in [0.25, 0.3) is 0 Å². The molecule has 0 heterocycles. The van der Waals surface area contributed by atoms with E-state index < -0.39 is 0 Å². The zero-order valence-electron chi connectivity index (χ0n) is 12.5. The number of anilines is 2. The highest BCUT2D eigenvalue weighted by atomic mass is 16.5. The van der Waals surface area contributed by atoms with E-state index in [9.17, 15) is 0 Å². The average Bonchev–Trinajstić information content (AvgIpc) is 2.42. The van der Waals surface area contributed by atoms with E-state index in [0.717, 1.165) is 36.5 Å². The highest BCUT2D eigenvalue weighted by Crippen LogP contribution is 2.28. The molecule has 0 aromatic heterocycles. The van der Waals surface area contributed by atoms with Crippen molar-refractivity contribution >= 4 is 11.4 Å². The summed E-state index contributed by atoms with van der Waals surface area (Å²) in [7, 11) is 3.39. The molecule has 0 bridgehead atoms. The van der Waals surface area contributed by atoms with Crippen LogP contribution in [0, 0.1) is 0 Å². The lowest BCUT2D eigenvalue weighted by molar-refractivity contribution is 0.202. The van der Waals surface area contributed by atoms with Crippen LogP contribution in [0.3, 0.4) is 0 Å². The van der Waals surface area contributed by atoms with Crippen molar-refractivity contribution in [2.75, 3.05) is 38.0 Å². The summed E-state index contributed by atoms with van der Waals surface area (Å²) in [5.41, 5.74) is 7.77. The Labute approximate surface area is 116 Å². The van der Waals surface area contributed by atoms with E-state index in [0.29, 0.717) is 12.6 Å². The normalized spacial score (nSPS) is 10.8. The lowest BCUT2D eigenvalue weighted by Gasteiger charge is -2.33. The minimum atomic E-state index is 0.488. The molecule has 0 spiro atoms. The molecule has 0 saturated heterocycles. The molecule has 0 radical (unpaired) electrons. The predicted molar refractivity (Wildman–Crippen MR) is 81.0 cm³/mol. The number of hydrogen-bond acceptors (Lipinski definition) is 4. The molecule has 0 aliphatic carbocycles. The molecule has 4 nitrogen and oxygen atoms in total. The van der Waals surface area contributed by atoms with Gasteiger partial charge in [0, 0.05) is 43.2 Å². The third-order valence-electron chi connectivity index (χ3n) is 3.40. The average molecular weight is 266 g/mol. The summed E-state index contributed by atoms with van der Waals surface area (Å²) in [6.45, 7) is 5.97. The number of nitrogens with two attached hydrogens (primary N) is 1. The topological polar surface area (TPSA) is 47.7 Å². The van der Waals surface area contributed by atoms with Crippen molar-refractivity contribution in [2.24, 2.45) is 0 Å². The Morgan fingerprint density at radius 1 is 1.16 bits per heavy atom. The summed E-state index contributed by atoms with van der Waals surface area (Å²) < 4.78 is 10.5. The summed E-state index contributed by atoms with van der Waals surface area (Å²) >= 11 is 0. The highest BCUT2D eigenvalue weighted by Gasteiger charge is 2.16. The molecule has 0 saturated carbocycles. The zero-order chi connectivity index (χ0) is 14.3. The maximum absolute atomic E-state index is 5.95. The first-order valence-electron chi connectivity index (χ1n) is 6.86. The third-order valence-corrected chi connectivity index (χ3v) is 3.40. The summed E-state index contributed by atoms with van der Waals surface area (Å²) in [5, 5.41) is 0. The zero-order valence-corrected chi connectivity index (χ0v) is 12.5. The first kappa shape index (κ1) is 15.6. The minimum Gasteiger partial charge on any atom is -0.497 e. The lowest BCUT2D eigenvalue weighted by Crippen LogP contribution is -2.37. The maximum Gasteiger partial charge on any atom is 0.122 e. The van der Waals surface area contributed by atoms with Gasteiger partial charge in [0.25, 0.3) is 0 Å². The standard InChI is InChI=1S/C15H26N2O2/c1-5-13(6-2)17(7-8-18-3)14-9-12(16)10-15(11-14)19-4/h9-11,13H,5-8,16H2,1-4H3. The van der Waals surface area contributed by atoms with Crippen molar-refractivity contribution in [3.05, 3.63) is 18.2 Å². The van der Waals surface area contributed by atoms with E-state index in [1.807, 2.05) is 18.2 Å².